The van der Waals surface area contributed by atoms with Gasteiger partial charge in [0.2, 0.25) is 0 Å². The van der Waals surface area contributed by atoms with Crippen molar-refractivity contribution in [3.8, 4) is 0 Å². The van der Waals surface area contributed by atoms with E-state index in [1.165, 1.54) is 19.5 Å². The quantitative estimate of drug-likeness (QED) is 0.743. The van der Waals surface area contributed by atoms with Gasteiger partial charge in [-0.1, -0.05) is 27.7 Å². The van der Waals surface area contributed by atoms with Crippen LogP contribution in [0.4, 0.5) is 0 Å². The first-order valence-electron chi connectivity index (χ1n) is 5.85. The lowest BCUT2D eigenvalue weighted by molar-refractivity contribution is 0.172. The summed E-state index contributed by atoms with van der Waals surface area (Å²) in [6.45, 7) is 13.1. The summed E-state index contributed by atoms with van der Waals surface area (Å²) in [5.74, 6) is 0.747. The molecule has 0 aromatic heterocycles. The number of nitrogens with zero attached hydrogens (tertiary/aromatic N) is 1. The number of hydrogen-bond donors (Lipinski definition) is 1. The van der Waals surface area contributed by atoms with Crippen LogP contribution in [-0.4, -0.2) is 37.6 Å². The van der Waals surface area contributed by atoms with Crippen LogP contribution in [0.25, 0.3) is 0 Å². The van der Waals surface area contributed by atoms with Gasteiger partial charge < -0.3 is 5.32 Å². The second kappa shape index (κ2) is 4.63. The third kappa shape index (κ3) is 2.96. The largest absolute Gasteiger partial charge is 0.318 e. The van der Waals surface area contributed by atoms with Crippen LogP contribution in [0.2, 0.25) is 0 Å². The first kappa shape index (κ1) is 12.0. The summed E-state index contributed by atoms with van der Waals surface area (Å²) in [5.41, 5.74) is 0.529. The lowest BCUT2D eigenvalue weighted by Crippen LogP contribution is -2.44. The SMILES string of the molecule is CNCC(C(C)C)N1CCC(C)(C)C1. The Morgan fingerprint density at radius 2 is 2.00 bits per heavy atom. The predicted octanol–water partition coefficient (Wildman–Crippen LogP) is 1.96. The third-order valence-electron chi connectivity index (χ3n) is 3.36. The Hall–Kier alpha value is -0.0800. The molecule has 1 saturated heterocycles. The standard InChI is InChI=1S/C12H26N2/c1-10(2)11(8-13-5)14-7-6-12(3,4)9-14/h10-11,13H,6-9H2,1-5H3. The number of nitrogens with one attached hydrogen (secondary N) is 1. The van der Waals surface area contributed by atoms with Crippen molar-refractivity contribution in [3.63, 3.8) is 0 Å². The Balaban J connectivity index is 2.53. The highest BCUT2D eigenvalue weighted by Crippen LogP contribution is 2.31. The normalized spacial score (nSPS) is 24.4. The van der Waals surface area contributed by atoms with Gasteiger partial charge in [0.25, 0.3) is 0 Å². The van der Waals surface area contributed by atoms with Gasteiger partial charge in [0.1, 0.15) is 0 Å². The van der Waals surface area contributed by atoms with Crippen molar-refractivity contribution < 1.29 is 0 Å². The van der Waals surface area contributed by atoms with Gasteiger partial charge in [0.05, 0.1) is 0 Å². The third-order valence-corrected chi connectivity index (χ3v) is 3.36. The van der Waals surface area contributed by atoms with E-state index in [0.717, 1.165) is 12.5 Å². The summed E-state index contributed by atoms with van der Waals surface area (Å²) < 4.78 is 0. The molecule has 0 aliphatic carbocycles. The van der Waals surface area contributed by atoms with E-state index in [0.29, 0.717) is 11.5 Å². The van der Waals surface area contributed by atoms with Crippen LogP contribution in [-0.2, 0) is 0 Å². The fourth-order valence-corrected chi connectivity index (χ4v) is 2.43. The van der Waals surface area contributed by atoms with E-state index < -0.39 is 0 Å². The zero-order chi connectivity index (χ0) is 10.8. The molecule has 1 aliphatic rings. The molecule has 1 N–H and O–H groups in total. The van der Waals surface area contributed by atoms with Crippen molar-refractivity contribution in [3.05, 3.63) is 0 Å². The van der Waals surface area contributed by atoms with Gasteiger partial charge in [-0.3, -0.25) is 4.90 Å². The van der Waals surface area contributed by atoms with Crippen molar-refractivity contribution in [2.45, 2.75) is 40.2 Å². The van der Waals surface area contributed by atoms with Crippen LogP contribution >= 0.6 is 0 Å². The average Bonchev–Trinajstić information content (AvgIpc) is 2.41. The molecule has 2 heteroatoms. The summed E-state index contributed by atoms with van der Waals surface area (Å²) in [6.07, 6.45) is 1.35. The molecule has 14 heavy (non-hydrogen) atoms. The molecule has 1 atom stereocenters. The molecule has 1 unspecified atom stereocenters. The summed E-state index contributed by atoms with van der Waals surface area (Å²) in [5, 5.41) is 3.31. The highest BCUT2D eigenvalue weighted by atomic mass is 15.2. The molecule has 0 saturated carbocycles. The summed E-state index contributed by atoms with van der Waals surface area (Å²) in [6, 6.07) is 0.710. The lowest BCUT2D eigenvalue weighted by atomic mass is 9.93. The average molecular weight is 198 g/mol. The minimum atomic E-state index is 0.529. The van der Waals surface area contributed by atoms with Gasteiger partial charge >= 0.3 is 0 Å². The van der Waals surface area contributed by atoms with Crippen LogP contribution in [0.5, 0.6) is 0 Å². The minimum absolute atomic E-state index is 0.529. The zero-order valence-corrected chi connectivity index (χ0v) is 10.4. The Morgan fingerprint density at radius 1 is 1.36 bits per heavy atom. The Bertz CT molecular complexity index is 175. The summed E-state index contributed by atoms with van der Waals surface area (Å²) in [7, 11) is 2.05. The molecular weight excluding hydrogens is 172 g/mol. The fourth-order valence-electron chi connectivity index (χ4n) is 2.43. The molecule has 0 bridgehead atoms. The minimum Gasteiger partial charge on any atom is -0.318 e. The molecule has 0 aromatic rings. The monoisotopic (exact) mass is 198 g/mol. The van der Waals surface area contributed by atoms with Crippen molar-refractivity contribution in [1.29, 1.82) is 0 Å². The van der Waals surface area contributed by atoms with E-state index in [1.54, 1.807) is 0 Å². The molecule has 0 aromatic carbocycles. The van der Waals surface area contributed by atoms with Gasteiger partial charge in [-0.05, 0) is 31.3 Å². The lowest BCUT2D eigenvalue weighted by Gasteiger charge is -2.32. The number of hydrogen-bond acceptors (Lipinski definition) is 2. The van der Waals surface area contributed by atoms with Crippen molar-refractivity contribution in [2.75, 3.05) is 26.7 Å². The van der Waals surface area contributed by atoms with E-state index in [-0.39, 0.29) is 0 Å². The molecular formula is C12H26N2. The van der Waals surface area contributed by atoms with Crippen molar-refractivity contribution >= 4 is 0 Å². The van der Waals surface area contributed by atoms with Crippen LogP contribution in [0.1, 0.15) is 34.1 Å². The smallest absolute Gasteiger partial charge is 0.0243 e. The molecule has 0 amide bonds. The number of likely N-dealkylation sites (tertiary alicyclic amines) is 1. The summed E-state index contributed by atoms with van der Waals surface area (Å²) in [4.78, 5) is 2.65. The first-order chi connectivity index (χ1) is 6.46. The highest BCUT2D eigenvalue weighted by molar-refractivity contribution is 4.88. The topological polar surface area (TPSA) is 15.3 Å². The van der Waals surface area contributed by atoms with E-state index >= 15 is 0 Å². The van der Waals surface area contributed by atoms with Gasteiger partial charge in [0.15, 0.2) is 0 Å². The van der Waals surface area contributed by atoms with Crippen molar-refractivity contribution in [2.24, 2.45) is 11.3 Å². The molecule has 0 radical (unpaired) electrons. The molecule has 0 spiro atoms. The Morgan fingerprint density at radius 3 is 2.36 bits per heavy atom. The highest BCUT2D eigenvalue weighted by Gasteiger charge is 2.33. The van der Waals surface area contributed by atoms with E-state index in [9.17, 15) is 0 Å². The Kier molecular flexibility index (Phi) is 3.96. The van der Waals surface area contributed by atoms with Crippen molar-refractivity contribution in [1.82, 2.24) is 10.2 Å². The van der Waals surface area contributed by atoms with Gasteiger partial charge in [-0.2, -0.15) is 0 Å². The van der Waals surface area contributed by atoms with Crippen LogP contribution < -0.4 is 5.32 Å². The predicted molar refractivity (Wildman–Crippen MR) is 62.5 cm³/mol. The fraction of sp³-hybridized carbons (Fsp3) is 1.00. The van der Waals surface area contributed by atoms with Gasteiger partial charge in [0, 0.05) is 19.1 Å². The molecule has 1 rings (SSSR count). The number of rotatable bonds is 4. The molecule has 1 aliphatic heterocycles. The second-order valence-corrected chi connectivity index (χ2v) is 5.75. The number of likely N-dealkylation sites (N-methyl/N-ethyl adjacent to an activating group) is 1. The van der Waals surface area contributed by atoms with Crippen LogP contribution in [0.15, 0.2) is 0 Å². The maximum Gasteiger partial charge on any atom is 0.0243 e. The summed E-state index contributed by atoms with van der Waals surface area (Å²) >= 11 is 0. The van der Waals surface area contributed by atoms with E-state index in [4.69, 9.17) is 0 Å². The molecule has 2 nitrogen and oxygen atoms in total. The maximum absolute atomic E-state index is 3.31. The van der Waals surface area contributed by atoms with Crippen LogP contribution in [0.3, 0.4) is 0 Å². The van der Waals surface area contributed by atoms with E-state index in [2.05, 4.69) is 45.0 Å². The molecule has 1 heterocycles. The van der Waals surface area contributed by atoms with Crippen LogP contribution in [0, 0.1) is 11.3 Å². The van der Waals surface area contributed by atoms with E-state index in [1.807, 2.05) is 0 Å². The molecule has 84 valence electrons. The zero-order valence-electron chi connectivity index (χ0n) is 10.4. The Labute approximate surface area is 89.1 Å². The molecule has 1 fully saturated rings. The van der Waals surface area contributed by atoms with Gasteiger partial charge in [-0.15, -0.1) is 0 Å². The maximum atomic E-state index is 3.31. The second-order valence-electron chi connectivity index (χ2n) is 5.75. The van der Waals surface area contributed by atoms with Gasteiger partial charge in [-0.25, -0.2) is 0 Å². The first-order valence-corrected chi connectivity index (χ1v) is 5.85.